The molecule has 20 heavy (non-hydrogen) atoms. The molecule has 5 nitrogen and oxygen atoms in total. The molecule has 2 rings (SSSR count). The molecule has 1 N–H and O–H groups in total. The van der Waals surface area contributed by atoms with Gasteiger partial charge in [-0.2, -0.15) is 0 Å². The second-order valence-electron chi connectivity index (χ2n) is 5.07. The Balaban J connectivity index is 2.14. The second kappa shape index (κ2) is 5.83. The number of benzene rings is 1. The lowest BCUT2D eigenvalue weighted by molar-refractivity contribution is -0.114. The zero-order valence-electron chi connectivity index (χ0n) is 11.8. The van der Waals surface area contributed by atoms with E-state index in [0.29, 0.717) is 6.42 Å². The maximum atomic E-state index is 11.6. The summed E-state index contributed by atoms with van der Waals surface area (Å²) in [6.45, 7) is 4.25. The molecule has 1 aliphatic rings. The summed E-state index contributed by atoms with van der Waals surface area (Å²) in [5.41, 5.74) is 1.74. The first-order valence-electron chi connectivity index (χ1n) is 6.76. The van der Waals surface area contributed by atoms with E-state index in [0.717, 1.165) is 17.9 Å². The van der Waals surface area contributed by atoms with Crippen LogP contribution >= 0.6 is 0 Å². The summed E-state index contributed by atoms with van der Waals surface area (Å²) in [5.74, 6) is 0.402. The van der Waals surface area contributed by atoms with E-state index < -0.39 is 9.84 Å². The van der Waals surface area contributed by atoms with Crippen LogP contribution in [0.2, 0.25) is 0 Å². The predicted molar refractivity (Wildman–Crippen MR) is 80.8 cm³/mol. The zero-order valence-corrected chi connectivity index (χ0v) is 12.6. The number of amides is 1. The minimum atomic E-state index is -2.88. The van der Waals surface area contributed by atoms with Crippen LogP contribution in [0.5, 0.6) is 0 Å². The normalized spacial score (nSPS) is 20.6. The molecule has 1 aliphatic heterocycles. The van der Waals surface area contributed by atoms with Gasteiger partial charge in [-0.05, 0) is 37.6 Å². The Kier molecular flexibility index (Phi) is 4.32. The maximum absolute atomic E-state index is 11.6. The zero-order chi connectivity index (χ0) is 14.8. The number of hydrogen-bond acceptors (Lipinski definition) is 4. The molecule has 0 saturated carbocycles. The van der Waals surface area contributed by atoms with Crippen molar-refractivity contribution in [1.29, 1.82) is 0 Å². The van der Waals surface area contributed by atoms with Crippen LogP contribution in [0.25, 0.3) is 0 Å². The van der Waals surface area contributed by atoms with Crippen molar-refractivity contribution in [3.63, 3.8) is 0 Å². The van der Waals surface area contributed by atoms with Gasteiger partial charge in [-0.1, -0.05) is 0 Å². The topological polar surface area (TPSA) is 66.5 Å². The molecule has 6 heteroatoms. The third-order valence-corrected chi connectivity index (χ3v) is 5.26. The Labute approximate surface area is 119 Å². The summed E-state index contributed by atoms with van der Waals surface area (Å²) in [6.07, 6.45) is 0.684. The van der Waals surface area contributed by atoms with Crippen molar-refractivity contribution in [3.8, 4) is 0 Å². The summed E-state index contributed by atoms with van der Waals surface area (Å²) in [7, 11) is -2.88. The largest absolute Gasteiger partial charge is 0.368 e. The van der Waals surface area contributed by atoms with Crippen LogP contribution in [-0.4, -0.2) is 38.4 Å². The third kappa shape index (κ3) is 3.50. The average Bonchev–Trinajstić information content (AvgIpc) is 2.72. The number of carbonyl (C=O) groups excluding carboxylic acids is 1. The quantitative estimate of drug-likeness (QED) is 0.917. The fraction of sp³-hybridized carbons (Fsp3) is 0.500. The SMILES string of the molecule is CCN(c1ccc(NC(C)=O)cc1)C1CCS(=O)(=O)C1. The molecule has 1 atom stereocenters. The molecule has 0 aliphatic carbocycles. The first kappa shape index (κ1) is 14.8. The van der Waals surface area contributed by atoms with E-state index in [-0.39, 0.29) is 23.5 Å². The fourth-order valence-electron chi connectivity index (χ4n) is 2.61. The van der Waals surface area contributed by atoms with Crippen molar-refractivity contribution in [1.82, 2.24) is 0 Å². The predicted octanol–water partition coefficient (Wildman–Crippen LogP) is 1.66. The van der Waals surface area contributed by atoms with Gasteiger partial charge in [-0.15, -0.1) is 0 Å². The molecule has 110 valence electrons. The molecule has 0 spiro atoms. The fourth-order valence-corrected chi connectivity index (χ4v) is 4.34. The number of nitrogens with zero attached hydrogens (tertiary/aromatic N) is 1. The Morgan fingerprint density at radius 2 is 2.00 bits per heavy atom. The number of carbonyl (C=O) groups is 1. The van der Waals surface area contributed by atoms with Gasteiger partial charge in [-0.25, -0.2) is 8.42 Å². The van der Waals surface area contributed by atoms with Gasteiger partial charge in [0.25, 0.3) is 0 Å². The lowest BCUT2D eigenvalue weighted by atomic mass is 10.2. The van der Waals surface area contributed by atoms with E-state index >= 15 is 0 Å². The highest BCUT2D eigenvalue weighted by Gasteiger charge is 2.31. The third-order valence-electron chi connectivity index (χ3n) is 3.51. The number of sulfone groups is 1. The van der Waals surface area contributed by atoms with Crippen molar-refractivity contribution in [3.05, 3.63) is 24.3 Å². The first-order chi connectivity index (χ1) is 9.41. The van der Waals surface area contributed by atoms with Crippen LogP contribution in [-0.2, 0) is 14.6 Å². The summed E-state index contributed by atoms with van der Waals surface area (Å²) in [6, 6.07) is 7.56. The van der Waals surface area contributed by atoms with Gasteiger partial charge >= 0.3 is 0 Å². The Morgan fingerprint density at radius 1 is 1.35 bits per heavy atom. The molecule has 0 radical (unpaired) electrons. The molecule has 1 amide bonds. The lowest BCUT2D eigenvalue weighted by Crippen LogP contribution is -2.36. The molecule has 1 unspecified atom stereocenters. The van der Waals surface area contributed by atoms with E-state index in [4.69, 9.17) is 0 Å². The Hall–Kier alpha value is -1.56. The average molecular weight is 296 g/mol. The van der Waals surface area contributed by atoms with Crippen LogP contribution < -0.4 is 10.2 Å². The van der Waals surface area contributed by atoms with Gasteiger partial charge in [0.15, 0.2) is 9.84 Å². The van der Waals surface area contributed by atoms with Crippen LogP contribution in [0.3, 0.4) is 0 Å². The van der Waals surface area contributed by atoms with Gasteiger partial charge < -0.3 is 10.2 Å². The van der Waals surface area contributed by atoms with Gasteiger partial charge in [0, 0.05) is 30.9 Å². The van der Waals surface area contributed by atoms with E-state index in [1.807, 2.05) is 31.2 Å². The van der Waals surface area contributed by atoms with Crippen LogP contribution in [0.1, 0.15) is 20.3 Å². The van der Waals surface area contributed by atoms with Crippen molar-refractivity contribution in [2.24, 2.45) is 0 Å². The van der Waals surface area contributed by atoms with Crippen molar-refractivity contribution >= 4 is 27.1 Å². The molecule has 1 saturated heterocycles. The Bertz CT molecular complexity index is 581. The smallest absolute Gasteiger partial charge is 0.221 e. The van der Waals surface area contributed by atoms with E-state index in [1.165, 1.54) is 6.92 Å². The van der Waals surface area contributed by atoms with Crippen LogP contribution in [0.4, 0.5) is 11.4 Å². The standard InChI is InChI=1S/C14H20N2O3S/c1-3-16(14-8-9-20(18,19)10-14)13-6-4-12(5-7-13)15-11(2)17/h4-7,14H,3,8-10H2,1-2H3,(H,15,17). The van der Waals surface area contributed by atoms with Crippen LogP contribution in [0, 0.1) is 0 Å². The van der Waals surface area contributed by atoms with Crippen molar-refractivity contribution < 1.29 is 13.2 Å². The van der Waals surface area contributed by atoms with Gasteiger partial charge in [-0.3, -0.25) is 4.79 Å². The molecule has 0 bridgehead atoms. The van der Waals surface area contributed by atoms with Gasteiger partial charge in [0.2, 0.25) is 5.91 Å². The number of anilines is 2. The Morgan fingerprint density at radius 3 is 2.45 bits per heavy atom. The van der Waals surface area contributed by atoms with Crippen LogP contribution in [0.15, 0.2) is 24.3 Å². The van der Waals surface area contributed by atoms with Gasteiger partial charge in [0.1, 0.15) is 0 Å². The highest BCUT2D eigenvalue weighted by atomic mass is 32.2. The van der Waals surface area contributed by atoms with E-state index in [1.54, 1.807) is 0 Å². The van der Waals surface area contributed by atoms with Crippen molar-refractivity contribution in [2.45, 2.75) is 26.3 Å². The second-order valence-corrected chi connectivity index (χ2v) is 7.30. The molecular formula is C14H20N2O3S. The summed E-state index contributed by atoms with van der Waals surface area (Å²) in [4.78, 5) is 13.1. The monoisotopic (exact) mass is 296 g/mol. The molecule has 1 heterocycles. The van der Waals surface area contributed by atoms with E-state index in [2.05, 4.69) is 10.2 Å². The molecular weight excluding hydrogens is 276 g/mol. The molecule has 0 aromatic heterocycles. The molecule has 1 aromatic carbocycles. The number of rotatable bonds is 4. The minimum absolute atomic E-state index is 0.0524. The van der Waals surface area contributed by atoms with E-state index in [9.17, 15) is 13.2 Å². The molecule has 1 aromatic rings. The number of hydrogen-bond donors (Lipinski definition) is 1. The van der Waals surface area contributed by atoms with Gasteiger partial charge in [0.05, 0.1) is 11.5 Å². The number of nitrogens with one attached hydrogen (secondary N) is 1. The highest BCUT2D eigenvalue weighted by molar-refractivity contribution is 7.91. The maximum Gasteiger partial charge on any atom is 0.221 e. The molecule has 1 fully saturated rings. The summed E-state index contributed by atoms with van der Waals surface area (Å²) < 4.78 is 23.2. The highest BCUT2D eigenvalue weighted by Crippen LogP contribution is 2.25. The summed E-state index contributed by atoms with van der Waals surface area (Å²) in [5, 5.41) is 2.72. The minimum Gasteiger partial charge on any atom is -0.368 e. The lowest BCUT2D eigenvalue weighted by Gasteiger charge is -2.29. The summed E-state index contributed by atoms with van der Waals surface area (Å²) >= 11 is 0. The van der Waals surface area contributed by atoms with Crippen molar-refractivity contribution in [2.75, 3.05) is 28.3 Å². The first-order valence-corrected chi connectivity index (χ1v) is 8.58.